The smallest absolute Gasteiger partial charge is 0.264 e. The standard InChI is InChI=1S/C19H14N4O2/c1-12-5-6-14(16-7-8-18(24)23-22-16)10-17(12)21-19(25)15-4-2-3-13(9-15)11-20/h2-10H,1H3,(H,21,25)(H,23,24). The minimum atomic E-state index is -0.299. The molecular weight excluding hydrogens is 316 g/mol. The van der Waals surface area contributed by atoms with Crippen molar-refractivity contribution in [1.29, 1.82) is 5.26 Å². The van der Waals surface area contributed by atoms with Gasteiger partial charge in [-0.1, -0.05) is 18.2 Å². The highest BCUT2D eigenvalue weighted by Gasteiger charge is 2.10. The summed E-state index contributed by atoms with van der Waals surface area (Å²) in [6.07, 6.45) is 0. The van der Waals surface area contributed by atoms with Crippen LogP contribution in [0.5, 0.6) is 0 Å². The number of carbonyl (C=O) groups excluding carboxylic acids is 1. The van der Waals surface area contributed by atoms with E-state index >= 15 is 0 Å². The summed E-state index contributed by atoms with van der Waals surface area (Å²) in [5.74, 6) is -0.299. The number of anilines is 1. The van der Waals surface area contributed by atoms with Gasteiger partial charge in [0.05, 0.1) is 17.3 Å². The Morgan fingerprint density at radius 2 is 2.00 bits per heavy atom. The summed E-state index contributed by atoms with van der Waals surface area (Å²) in [5, 5.41) is 18.2. The zero-order chi connectivity index (χ0) is 17.8. The molecule has 25 heavy (non-hydrogen) atoms. The van der Waals surface area contributed by atoms with Crippen molar-refractivity contribution in [3.63, 3.8) is 0 Å². The number of hydrogen-bond acceptors (Lipinski definition) is 4. The molecule has 1 amide bonds. The zero-order valence-electron chi connectivity index (χ0n) is 13.4. The van der Waals surface area contributed by atoms with E-state index in [0.717, 1.165) is 11.1 Å². The number of aromatic amines is 1. The van der Waals surface area contributed by atoms with Crippen molar-refractivity contribution in [3.8, 4) is 17.3 Å². The van der Waals surface area contributed by atoms with Crippen molar-refractivity contribution in [2.24, 2.45) is 0 Å². The summed E-state index contributed by atoms with van der Waals surface area (Å²) in [7, 11) is 0. The number of carbonyl (C=O) groups is 1. The number of aryl methyl sites for hydroxylation is 1. The number of benzene rings is 2. The third-order valence-corrected chi connectivity index (χ3v) is 3.71. The molecule has 3 rings (SSSR count). The number of nitriles is 1. The number of rotatable bonds is 3. The minimum absolute atomic E-state index is 0.276. The van der Waals surface area contributed by atoms with Crippen LogP contribution in [0, 0.1) is 18.3 Å². The summed E-state index contributed by atoms with van der Waals surface area (Å²) >= 11 is 0. The Hall–Kier alpha value is -3.72. The summed E-state index contributed by atoms with van der Waals surface area (Å²) < 4.78 is 0. The number of H-pyrrole nitrogens is 1. The normalized spacial score (nSPS) is 10.1. The van der Waals surface area contributed by atoms with Gasteiger partial charge in [0, 0.05) is 22.9 Å². The molecule has 6 nitrogen and oxygen atoms in total. The van der Waals surface area contributed by atoms with E-state index in [0.29, 0.717) is 22.5 Å². The molecule has 0 aliphatic carbocycles. The van der Waals surface area contributed by atoms with Crippen LogP contribution >= 0.6 is 0 Å². The first-order valence-corrected chi connectivity index (χ1v) is 7.55. The van der Waals surface area contributed by atoms with Gasteiger partial charge < -0.3 is 5.32 Å². The fourth-order valence-corrected chi connectivity index (χ4v) is 2.35. The van der Waals surface area contributed by atoms with Crippen LogP contribution in [-0.2, 0) is 0 Å². The SMILES string of the molecule is Cc1ccc(-c2ccc(=O)[nH]n2)cc1NC(=O)c1cccc(C#N)c1. The van der Waals surface area contributed by atoms with E-state index in [-0.39, 0.29) is 11.5 Å². The fraction of sp³-hybridized carbons (Fsp3) is 0.0526. The molecule has 6 heteroatoms. The lowest BCUT2D eigenvalue weighted by Gasteiger charge is -2.10. The topological polar surface area (TPSA) is 98.6 Å². The van der Waals surface area contributed by atoms with Crippen molar-refractivity contribution >= 4 is 11.6 Å². The number of nitrogens with one attached hydrogen (secondary N) is 2. The number of amides is 1. The largest absolute Gasteiger partial charge is 0.322 e. The molecule has 1 heterocycles. The molecule has 0 fully saturated rings. The van der Waals surface area contributed by atoms with Crippen molar-refractivity contribution < 1.29 is 4.79 Å². The van der Waals surface area contributed by atoms with Gasteiger partial charge >= 0.3 is 0 Å². The number of hydrogen-bond donors (Lipinski definition) is 2. The average Bonchev–Trinajstić information content (AvgIpc) is 2.64. The van der Waals surface area contributed by atoms with Gasteiger partial charge in [-0.2, -0.15) is 10.4 Å². The Bertz CT molecular complexity index is 1030. The molecule has 3 aromatic rings. The van der Waals surface area contributed by atoms with E-state index in [4.69, 9.17) is 5.26 Å². The second-order valence-electron chi connectivity index (χ2n) is 5.48. The second kappa shape index (κ2) is 6.81. The molecule has 2 aromatic carbocycles. The highest BCUT2D eigenvalue weighted by Crippen LogP contribution is 2.24. The van der Waals surface area contributed by atoms with Crippen LogP contribution in [0.2, 0.25) is 0 Å². The van der Waals surface area contributed by atoms with Gasteiger partial charge in [-0.3, -0.25) is 9.59 Å². The maximum atomic E-state index is 12.4. The lowest BCUT2D eigenvalue weighted by Crippen LogP contribution is -2.13. The van der Waals surface area contributed by atoms with Crippen molar-refractivity contribution in [2.75, 3.05) is 5.32 Å². The van der Waals surface area contributed by atoms with Crippen molar-refractivity contribution in [3.05, 3.63) is 81.6 Å². The third-order valence-electron chi connectivity index (χ3n) is 3.71. The van der Waals surface area contributed by atoms with E-state index in [2.05, 4.69) is 15.5 Å². The molecule has 2 N–H and O–H groups in total. The van der Waals surface area contributed by atoms with Gasteiger partial charge in [-0.05, 0) is 42.8 Å². The average molecular weight is 330 g/mol. The molecule has 0 bridgehead atoms. The van der Waals surface area contributed by atoms with Crippen LogP contribution < -0.4 is 10.9 Å². The lowest BCUT2D eigenvalue weighted by molar-refractivity contribution is 0.102. The molecule has 0 atom stereocenters. The van der Waals surface area contributed by atoms with Crippen molar-refractivity contribution in [2.45, 2.75) is 6.92 Å². The third kappa shape index (κ3) is 3.62. The van der Waals surface area contributed by atoms with Crippen LogP contribution in [0.25, 0.3) is 11.3 Å². The van der Waals surface area contributed by atoms with Crippen LogP contribution in [0.1, 0.15) is 21.5 Å². The molecule has 0 saturated carbocycles. The molecule has 0 spiro atoms. The summed E-state index contributed by atoms with van der Waals surface area (Å²) in [6, 6.07) is 17.1. The Kier molecular flexibility index (Phi) is 4.40. The van der Waals surface area contributed by atoms with Gasteiger partial charge in [0.25, 0.3) is 11.5 Å². The lowest BCUT2D eigenvalue weighted by atomic mass is 10.1. The van der Waals surface area contributed by atoms with Gasteiger partial charge in [0.2, 0.25) is 0 Å². The highest BCUT2D eigenvalue weighted by molar-refractivity contribution is 6.05. The maximum Gasteiger partial charge on any atom is 0.264 e. The first-order chi connectivity index (χ1) is 12.1. The van der Waals surface area contributed by atoms with Crippen molar-refractivity contribution in [1.82, 2.24) is 10.2 Å². The Labute approximate surface area is 143 Å². The minimum Gasteiger partial charge on any atom is -0.322 e. The van der Waals surface area contributed by atoms with E-state index in [9.17, 15) is 9.59 Å². The van der Waals surface area contributed by atoms with Gasteiger partial charge in [0.15, 0.2) is 0 Å². The van der Waals surface area contributed by atoms with Gasteiger partial charge in [-0.15, -0.1) is 0 Å². The predicted octanol–water partition coefficient (Wildman–Crippen LogP) is 2.87. The fourth-order valence-electron chi connectivity index (χ4n) is 2.35. The molecule has 0 unspecified atom stereocenters. The van der Waals surface area contributed by atoms with Crippen LogP contribution in [0.3, 0.4) is 0 Å². The number of aromatic nitrogens is 2. The van der Waals surface area contributed by atoms with E-state index in [1.165, 1.54) is 12.1 Å². The first-order valence-electron chi connectivity index (χ1n) is 7.55. The van der Waals surface area contributed by atoms with Crippen LogP contribution in [0.4, 0.5) is 5.69 Å². The highest BCUT2D eigenvalue weighted by atomic mass is 16.1. The van der Waals surface area contributed by atoms with E-state index < -0.39 is 0 Å². The zero-order valence-corrected chi connectivity index (χ0v) is 13.4. The van der Waals surface area contributed by atoms with E-state index in [1.807, 2.05) is 25.1 Å². The summed E-state index contributed by atoms with van der Waals surface area (Å²) in [4.78, 5) is 23.6. The molecule has 0 aliphatic rings. The van der Waals surface area contributed by atoms with Gasteiger partial charge in [0.1, 0.15) is 0 Å². The maximum absolute atomic E-state index is 12.4. The molecule has 0 saturated heterocycles. The summed E-state index contributed by atoms with van der Waals surface area (Å²) in [5.41, 5.74) is 3.45. The molecular formula is C19H14N4O2. The first kappa shape index (κ1) is 16.1. The number of nitrogens with zero attached hydrogens (tertiary/aromatic N) is 2. The summed E-state index contributed by atoms with van der Waals surface area (Å²) in [6.45, 7) is 1.88. The quantitative estimate of drug-likeness (QED) is 0.771. The molecule has 0 radical (unpaired) electrons. The Balaban J connectivity index is 1.90. The molecule has 122 valence electrons. The monoisotopic (exact) mass is 330 g/mol. The second-order valence-corrected chi connectivity index (χ2v) is 5.48. The Morgan fingerprint density at radius 1 is 1.16 bits per heavy atom. The Morgan fingerprint density at radius 3 is 2.72 bits per heavy atom. The predicted molar refractivity (Wildman–Crippen MR) is 94.1 cm³/mol. The van der Waals surface area contributed by atoms with E-state index in [1.54, 1.807) is 30.3 Å². The van der Waals surface area contributed by atoms with Crippen LogP contribution in [-0.4, -0.2) is 16.1 Å². The van der Waals surface area contributed by atoms with Gasteiger partial charge in [-0.25, -0.2) is 5.10 Å². The van der Waals surface area contributed by atoms with Crippen LogP contribution in [0.15, 0.2) is 59.4 Å². The molecule has 1 aromatic heterocycles. The molecule has 0 aliphatic heterocycles.